The molecule has 2 rings (SSSR count). The summed E-state index contributed by atoms with van der Waals surface area (Å²) in [6, 6.07) is 5.89. The van der Waals surface area contributed by atoms with E-state index in [4.69, 9.17) is 22.1 Å². The van der Waals surface area contributed by atoms with Gasteiger partial charge in [-0.2, -0.15) is 0 Å². The fourth-order valence-corrected chi connectivity index (χ4v) is 2.72. The molecule has 1 atom stereocenters. The molecule has 1 aliphatic rings. The lowest BCUT2D eigenvalue weighted by Crippen LogP contribution is -2.49. The molecule has 1 aliphatic heterocycles. The monoisotopic (exact) mass is 311 g/mol. The van der Waals surface area contributed by atoms with E-state index in [-0.39, 0.29) is 12.1 Å². The SMILES string of the molecule is CCOC(=O)N1CCN(c2ccc([C@H](C)N)cc2Cl)CC1. The Hall–Kier alpha value is -1.46. The Morgan fingerprint density at radius 1 is 1.38 bits per heavy atom. The Labute approximate surface area is 130 Å². The van der Waals surface area contributed by atoms with Crippen molar-refractivity contribution in [2.45, 2.75) is 19.9 Å². The molecule has 0 saturated carbocycles. The van der Waals surface area contributed by atoms with E-state index in [0.29, 0.717) is 24.7 Å². The maximum atomic E-state index is 11.7. The van der Waals surface area contributed by atoms with E-state index in [0.717, 1.165) is 24.3 Å². The van der Waals surface area contributed by atoms with Crippen molar-refractivity contribution in [2.24, 2.45) is 5.73 Å². The van der Waals surface area contributed by atoms with E-state index in [1.807, 2.05) is 32.0 Å². The molecule has 5 nitrogen and oxygen atoms in total. The highest BCUT2D eigenvalue weighted by atomic mass is 35.5. The third-order valence-electron chi connectivity index (χ3n) is 3.64. The number of amides is 1. The van der Waals surface area contributed by atoms with Crippen LogP contribution in [0.3, 0.4) is 0 Å². The zero-order valence-electron chi connectivity index (χ0n) is 12.5. The van der Waals surface area contributed by atoms with Crippen molar-refractivity contribution in [1.82, 2.24) is 4.90 Å². The molecule has 6 heteroatoms. The molecule has 21 heavy (non-hydrogen) atoms. The topological polar surface area (TPSA) is 58.8 Å². The number of nitrogens with two attached hydrogens (primary N) is 1. The molecule has 0 spiro atoms. The van der Waals surface area contributed by atoms with Crippen LogP contribution in [0.2, 0.25) is 5.02 Å². The van der Waals surface area contributed by atoms with Crippen molar-refractivity contribution >= 4 is 23.4 Å². The van der Waals surface area contributed by atoms with Crippen LogP contribution >= 0.6 is 11.6 Å². The number of nitrogens with zero attached hydrogens (tertiary/aromatic N) is 2. The second-order valence-electron chi connectivity index (χ2n) is 5.17. The molecule has 0 aromatic heterocycles. The summed E-state index contributed by atoms with van der Waals surface area (Å²) in [5, 5.41) is 0.703. The van der Waals surface area contributed by atoms with Crippen LogP contribution in [0.1, 0.15) is 25.5 Å². The van der Waals surface area contributed by atoms with Crippen LogP contribution in [0, 0.1) is 0 Å². The normalized spacial score (nSPS) is 16.8. The maximum Gasteiger partial charge on any atom is 0.409 e. The molecule has 0 bridgehead atoms. The minimum atomic E-state index is -0.240. The van der Waals surface area contributed by atoms with Gasteiger partial charge >= 0.3 is 6.09 Å². The van der Waals surface area contributed by atoms with Crippen molar-refractivity contribution in [3.63, 3.8) is 0 Å². The minimum Gasteiger partial charge on any atom is -0.450 e. The second-order valence-corrected chi connectivity index (χ2v) is 5.58. The third kappa shape index (κ3) is 3.80. The van der Waals surface area contributed by atoms with Gasteiger partial charge in [-0.15, -0.1) is 0 Å². The molecule has 1 aromatic carbocycles. The van der Waals surface area contributed by atoms with Crippen molar-refractivity contribution in [3.8, 4) is 0 Å². The van der Waals surface area contributed by atoms with Crippen LogP contribution in [-0.2, 0) is 4.74 Å². The molecule has 1 heterocycles. The zero-order valence-corrected chi connectivity index (χ0v) is 13.3. The van der Waals surface area contributed by atoms with Gasteiger partial charge in [0.15, 0.2) is 0 Å². The Balaban J connectivity index is 2.01. The molecule has 0 radical (unpaired) electrons. The molecular weight excluding hydrogens is 290 g/mol. The average molecular weight is 312 g/mol. The lowest BCUT2D eigenvalue weighted by molar-refractivity contribution is 0.105. The Kier molecular flexibility index (Phi) is 5.31. The first kappa shape index (κ1) is 15.9. The summed E-state index contributed by atoms with van der Waals surface area (Å²) in [6.07, 6.45) is -0.240. The van der Waals surface area contributed by atoms with Crippen LogP contribution in [0.4, 0.5) is 10.5 Å². The Bertz CT molecular complexity index is 500. The van der Waals surface area contributed by atoms with Crippen LogP contribution in [0.25, 0.3) is 0 Å². The molecule has 1 aromatic rings. The van der Waals surface area contributed by atoms with E-state index in [1.165, 1.54) is 0 Å². The van der Waals surface area contributed by atoms with E-state index in [1.54, 1.807) is 4.90 Å². The van der Waals surface area contributed by atoms with Gasteiger partial charge in [0.2, 0.25) is 0 Å². The lowest BCUT2D eigenvalue weighted by Gasteiger charge is -2.36. The quantitative estimate of drug-likeness (QED) is 0.932. The highest BCUT2D eigenvalue weighted by Crippen LogP contribution is 2.29. The van der Waals surface area contributed by atoms with Crippen LogP contribution in [-0.4, -0.2) is 43.8 Å². The van der Waals surface area contributed by atoms with Gasteiger partial charge in [-0.3, -0.25) is 0 Å². The highest BCUT2D eigenvalue weighted by molar-refractivity contribution is 6.33. The smallest absolute Gasteiger partial charge is 0.409 e. The summed E-state index contributed by atoms with van der Waals surface area (Å²) in [4.78, 5) is 15.6. The van der Waals surface area contributed by atoms with Gasteiger partial charge in [0, 0.05) is 32.2 Å². The predicted octanol–water partition coefficient (Wildman–Crippen LogP) is 2.64. The van der Waals surface area contributed by atoms with E-state index in [2.05, 4.69) is 4.90 Å². The first-order chi connectivity index (χ1) is 10.0. The summed E-state index contributed by atoms with van der Waals surface area (Å²) >= 11 is 6.35. The number of carbonyl (C=O) groups is 1. The van der Waals surface area contributed by atoms with E-state index < -0.39 is 0 Å². The minimum absolute atomic E-state index is 0.0304. The second kappa shape index (κ2) is 7.00. The fraction of sp³-hybridized carbons (Fsp3) is 0.533. The van der Waals surface area contributed by atoms with Gasteiger partial charge in [-0.05, 0) is 31.5 Å². The summed E-state index contributed by atoms with van der Waals surface area (Å²) in [5.74, 6) is 0. The largest absolute Gasteiger partial charge is 0.450 e. The van der Waals surface area contributed by atoms with Crippen molar-refractivity contribution in [1.29, 1.82) is 0 Å². The molecule has 1 fully saturated rings. The number of rotatable bonds is 3. The van der Waals surface area contributed by atoms with Gasteiger partial charge in [-0.1, -0.05) is 17.7 Å². The molecule has 1 saturated heterocycles. The number of halogens is 1. The van der Waals surface area contributed by atoms with Crippen LogP contribution in [0.5, 0.6) is 0 Å². The van der Waals surface area contributed by atoms with Crippen molar-refractivity contribution in [2.75, 3.05) is 37.7 Å². The van der Waals surface area contributed by atoms with Gasteiger partial charge in [0.25, 0.3) is 0 Å². The average Bonchev–Trinajstić information content (AvgIpc) is 2.47. The molecule has 116 valence electrons. The number of piperazine rings is 1. The van der Waals surface area contributed by atoms with Gasteiger partial charge in [0.05, 0.1) is 17.3 Å². The van der Waals surface area contributed by atoms with E-state index >= 15 is 0 Å². The van der Waals surface area contributed by atoms with Gasteiger partial charge < -0.3 is 20.3 Å². The van der Waals surface area contributed by atoms with Crippen LogP contribution in [0.15, 0.2) is 18.2 Å². The maximum absolute atomic E-state index is 11.7. The van der Waals surface area contributed by atoms with Crippen LogP contribution < -0.4 is 10.6 Å². The third-order valence-corrected chi connectivity index (χ3v) is 3.95. The van der Waals surface area contributed by atoms with E-state index in [9.17, 15) is 4.79 Å². The number of benzene rings is 1. The van der Waals surface area contributed by atoms with Crippen molar-refractivity contribution in [3.05, 3.63) is 28.8 Å². The number of hydrogen-bond acceptors (Lipinski definition) is 4. The first-order valence-electron chi connectivity index (χ1n) is 7.24. The molecule has 0 unspecified atom stereocenters. The van der Waals surface area contributed by atoms with Crippen molar-refractivity contribution < 1.29 is 9.53 Å². The molecule has 2 N–H and O–H groups in total. The summed E-state index contributed by atoms with van der Waals surface area (Å²) < 4.78 is 5.02. The summed E-state index contributed by atoms with van der Waals surface area (Å²) in [7, 11) is 0. The summed E-state index contributed by atoms with van der Waals surface area (Å²) in [5.41, 5.74) is 7.87. The first-order valence-corrected chi connectivity index (χ1v) is 7.62. The lowest BCUT2D eigenvalue weighted by atomic mass is 10.1. The number of carbonyl (C=O) groups excluding carboxylic acids is 1. The molecule has 0 aliphatic carbocycles. The van der Waals surface area contributed by atoms with Gasteiger partial charge in [0.1, 0.15) is 0 Å². The zero-order chi connectivity index (χ0) is 15.4. The summed E-state index contributed by atoms with van der Waals surface area (Å²) in [6.45, 7) is 6.93. The molecular formula is C15H22ClN3O2. The Morgan fingerprint density at radius 3 is 2.57 bits per heavy atom. The number of hydrogen-bond donors (Lipinski definition) is 1. The Morgan fingerprint density at radius 2 is 2.05 bits per heavy atom. The highest BCUT2D eigenvalue weighted by Gasteiger charge is 2.23. The van der Waals surface area contributed by atoms with Gasteiger partial charge in [-0.25, -0.2) is 4.79 Å². The number of anilines is 1. The number of ether oxygens (including phenoxy) is 1. The fourth-order valence-electron chi connectivity index (χ4n) is 2.41. The molecule has 1 amide bonds. The predicted molar refractivity (Wildman–Crippen MR) is 84.9 cm³/mol. The standard InChI is InChI=1S/C15H22ClN3O2/c1-3-21-15(20)19-8-6-18(7-9-19)14-5-4-12(11(2)17)10-13(14)16/h4-5,10-11H,3,6-9,17H2,1-2H3/t11-/m0/s1.